The quantitative estimate of drug-likeness (QED) is 0.311. The first-order valence-corrected chi connectivity index (χ1v) is 8.31. The molecule has 0 aromatic carbocycles. The van der Waals surface area contributed by atoms with Gasteiger partial charge in [0.05, 0.1) is 0 Å². The molecule has 0 saturated heterocycles. The Morgan fingerprint density at radius 1 is 1.10 bits per heavy atom. The maximum absolute atomic E-state index is 5.43. The lowest BCUT2D eigenvalue weighted by Crippen LogP contribution is -2.16. The van der Waals surface area contributed by atoms with E-state index in [1.807, 2.05) is 0 Å². The number of rotatable bonds is 5. The molecule has 0 saturated carbocycles. The third kappa shape index (κ3) is 9.34. The van der Waals surface area contributed by atoms with E-state index in [1.54, 1.807) is 0 Å². The topological polar surface area (TPSA) is 9.23 Å². The van der Waals surface area contributed by atoms with Crippen molar-refractivity contribution in [3.8, 4) is 0 Å². The Kier molecular flexibility index (Phi) is 6.71. The van der Waals surface area contributed by atoms with Crippen molar-refractivity contribution in [1.29, 1.82) is 0 Å². The number of hydrogen-bond donors (Lipinski definition) is 0. The summed E-state index contributed by atoms with van der Waals surface area (Å²) in [6, 6.07) is 0. The summed E-state index contributed by atoms with van der Waals surface area (Å²) in [7, 11) is 0. The van der Waals surface area contributed by atoms with Crippen molar-refractivity contribution in [3.63, 3.8) is 0 Å². The Morgan fingerprint density at radius 3 is 2.10 bits per heavy atom. The number of unbranched alkanes of at least 4 members (excludes halogenated alkanes) is 1. The molecule has 0 aliphatic rings. The van der Waals surface area contributed by atoms with Gasteiger partial charge in [-0.1, -0.05) is 33.2 Å². The van der Waals surface area contributed by atoms with E-state index in [0.717, 1.165) is 12.8 Å². The first-order valence-electron chi connectivity index (χ1n) is 2.83. The number of halogens is 4. The number of hydrogen-bond acceptors (Lipinski definition) is 1. The Bertz CT molecular complexity index is 83.8. The third-order valence-corrected chi connectivity index (χ3v) is 2.57. The Balaban J connectivity index is 3.04. The molecule has 6 heteroatoms. The first-order chi connectivity index (χ1) is 4.56. The lowest BCUT2D eigenvalue weighted by molar-refractivity contribution is 0.326. The van der Waals surface area contributed by atoms with E-state index >= 15 is 0 Å². The molecule has 0 atom stereocenters. The highest BCUT2D eigenvalue weighted by Crippen LogP contribution is 2.21. The monoisotopic (exact) mass is 240 g/mol. The maximum atomic E-state index is 5.43. The van der Waals surface area contributed by atoms with Crippen molar-refractivity contribution in [2.24, 2.45) is 0 Å². The molecule has 0 unspecified atom stereocenters. The zero-order valence-corrected chi connectivity index (χ0v) is 9.27. The molecule has 0 radical (unpaired) electrons. The zero-order chi connectivity index (χ0) is 8.04. The molecule has 0 aromatic rings. The van der Waals surface area contributed by atoms with Crippen LogP contribution in [0.25, 0.3) is 0 Å². The van der Waals surface area contributed by atoms with Crippen molar-refractivity contribution in [3.05, 3.63) is 0 Å². The van der Waals surface area contributed by atoms with Crippen LogP contribution in [0.1, 0.15) is 12.8 Å². The minimum atomic E-state index is -2.83. The Labute approximate surface area is 80.8 Å². The van der Waals surface area contributed by atoms with Crippen LogP contribution in [0.5, 0.6) is 0 Å². The Hall–Kier alpha value is 1.34. The van der Waals surface area contributed by atoms with Crippen LogP contribution in [0, 0.1) is 0 Å². The van der Waals surface area contributed by atoms with E-state index < -0.39 is 6.25 Å². The normalized spacial score (nSPS) is 12.0. The lowest BCUT2D eigenvalue weighted by atomic mass is 10.4. The summed E-state index contributed by atoms with van der Waals surface area (Å²) in [4.78, 5) is 0. The molecule has 1 nitrogen and oxygen atoms in total. The van der Waals surface area contributed by atoms with Gasteiger partial charge in [-0.05, 0) is 12.8 Å². The van der Waals surface area contributed by atoms with Crippen LogP contribution in [-0.2, 0) is 4.43 Å². The lowest BCUT2D eigenvalue weighted by Gasteiger charge is -2.07. The van der Waals surface area contributed by atoms with Crippen LogP contribution >= 0.6 is 44.8 Å². The van der Waals surface area contributed by atoms with Gasteiger partial charge in [0.15, 0.2) is 0 Å². The smallest absolute Gasteiger partial charge is 0.381 e. The van der Waals surface area contributed by atoms with Gasteiger partial charge >= 0.3 is 6.25 Å². The van der Waals surface area contributed by atoms with E-state index in [9.17, 15) is 0 Å². The number of alkyl halides is 1. The fourth-order valence-electron chi connectivity index (χ4n) is 0.384. The van der Waals surface area contributed by atoms with E-state index in [2.05, 4.69) is 0 Å². The summed E-state index contributed by atoms with van der Waals surface area (Å²) >= 11 is 21.7. The van der Waals surface area contributed by atoms with Gasteiger partial charge < -0.3 is 4.43 Å². The van der Waals surface area contributed by atoms with Gasteiger partial charge in [-0.15, -0.1) is 11.6 Å². The largest absolute Gasteiger partial charge is 0.493 e. The molecule has 10 heavy (non-hydrogen) atoms. The van der Waals surface area contributed by atoms with Crippen LogP contribution in [0.3, 0.4) is 0 Å². The molecule has 0 aliphatic carbocycles. The van der Waals surface area contributed by atoms with Gasteiger partial charge in [0.2, 0.25) is 0 Å². The van der Waals surface area contributed by atoms with Gasteiger partial charge in [0.1, 0.15) is 0 Å². The average Bonchev–Trinajstić information content (AvgIpc) is 1.78. The van der Waals surface area contributed by atoms with Crippen molar-refractivity contribution < 1.29 is 4.43 Å². The maximum Gasteiger partial charge on any atom is 0.493 e. The van der Waals surface area contributed by atoms with E-state index in [4.69, 9.17) is 49.3 Å². The van der Waals surface area contributed by atoms with Gasteiger partial charge in [-0.25, -0.2) is 0 Å². The predicted molar refractivity (Wildman–Crippen MR) is 49.2 cm³/mol. The molecule has 0 spiro atoms. The molecule has 0 rings (SSSR count). The molecule has 0 bridgehead atoms. The van der Waals surface area contributed by atoms with E-state index in [-0.39, 0.29) is 0 Å². The second-order valence-corrected chi connectivity index (χ2v) is 9.78. The van der Waals surface area contributed by atoms with Crippen LogP contribution in [-0.4, -0.2) is 18.7 Å². The van der Waals surface area contributed by atoms with Crippen LogP contribution in [0.15, 0.2) is 0 Å². The third-order valence-electron chi connectivity index (χ3n) is 0.794. The molecule has 62 valence electrons. The highest BCUT2D eigenvalue weighted by molar-refractivity contribution is 7.62. The van der Waals surface area contributed by atoms with Gasteiger partial charge in [0.25, 0.3) is 0 Å². The minimum absolute atomic E-state index is 0.495. The summed E-state index contributed by atoms with van der Waals surface area (Å²) in [5, 5.41) is 0. The molecule has 0 amide bonds. The van der Waals surface area contributed by atoms with Crippen molar-refractivity contribution in [2.75, 3.05) is 12.5 Å². The SMILES string of the molecule is ClCCCCO[Si](Cl)(Cl)Cl. The van der Waals surface area contributed by atoms with Crippen molar-refractivity contribution >= 4 is 51.1 Å². The van der Waals surface area contributed by atoms with Gasteiger partial charge in [-0.3, -0.25) is 0 Å². The first kappa shape index (κ1) is 11.3. The molecule has 0 N–H and O–H groups in total. The van der Waals surface area contributed by atoms with E-state index in [0.29, 0.717) is 12.5 Å². The summed E-state index contributed by atoms with van der Waals surface area (Å²) in [5.74, 6) is 0.630. The van der Waals surface area contributed by atoms with Crippen LogP contribution in [0.2, 0.25) is 0 Å². The van der Waals surface area contributed by atoms with Crippen molar-refractivity contribution in [1.82, 2.24) is 0 Å². The van der Waals surface area contributed by atoms with Crippen LogP contribution < -0.4 is 0 Å². The molecular weight excluding hydrogens is 234 g/mol. The zero-order valence-electron chi connectivity index (χ0n) is 5.25. The second-order valence-electron chi connectivity index (χ2n) is 1.69. The van der Waals surface area contributed by atoms with Crippen LogP contribution in [0.4, 0.5) is 0 Å². The summed E-state index contributed by atoms with van der Waals surface area (Å²) < 4.78 is 4.91. The molecule has 0 aromatic heterocycles. The Morgan fingerprint density at radius 2 is 1.70 bits per heavy atom. The fraction of sp³-hybridized carbons (Fsp3) is 1.00. The van der Waals surface area contributed by atoms with E-state index in [1.165, 1.54) is 0 Å². The average molecular weight is 242 g/mol. The molecule has 0 fully saturated rings. The van der Waals surface area contributed by atoms with Gasteiger partial charge in [0, 0.05) is 12.5 Å². The molecule has 0 heterocycles. The highest BCUT2D eigenvalue weighted by atomic mass is 35.8. The van der Waals surface area contributed by atoms with Gasteiger partial charge in [-0.2, -0.15) is 0 Å². The summed E-state index contributed by atoms with van der Waals surface area (Å²) in [5.41, 5.74) is 0. The fourth-order valence-corrected chi connectivity index (χ4v) is 1.64. The predicted octanol–water partition coefficient (Wildman–Crippen LogP) is 3.17. The summed E-state index contributed by atoms with van der Waals surface area (Å²) in [6.45, 7) is 0.495. The van der Waals surface area contributed by atoms with Crippen molar-refractivity contribution in [2.45, 2.75) is 12.8 Å². The second kappa shape index (κ2) is 5.92. The molecular formula is C4H8Cl4OSi. The molecule has 0 aliphatic heterocycles. The standard InChI is InChI=1S/C4H8Cl4OSi/c5-3-1-2-4-9-10(6,7)8/h1-4H2. The highest BCUT2D eigenvalue weighted by Gasteiger charge is 2.26. The summed E-state index contributed by atoms with van der Waals surface area (Å²) in [6.07, 6.45) is -1.08. The minimum Gasteiger partial charge on any atom is -0.381 e.